The van der Waals surface area contributed by atoms with Crippen LogP contribution < -0.4 is 22.0 Å². The van der Waals surface area contributed by atoms with Crippen LogP contribution in [0.15, 0.2) is 39.0 Å². The van der Waals surface area contributed by atoms with Gasteiger partial charge in [0.25, 0.3) is 11.5 Å². The summed E-state index contributed by atoms with van der Waals surface area (Å²) in [5.41, 5.74) is 1.20. The van der Waals surface area contributed by atoms with Gasteiger partial charge in [-0.05, 0) is 19.1 Å². The van der Waals surface area contributed by atoms with Crippen molar-refractivity contribution in [3.05, 3.63) is 50.7 Å². The van der Waals surface area contributed by atoms with Crippen LogP contribution >= 0.6 is 0 Å². The molecule has 1 aromatic carbocycles. The average Bonchev–Trinajstić information content (AvgIpc) is 2.51. The first-order chi connectivity index (χ1) is 11.0. The quantitative estimate of drug-likeness (QED) is 0.356. The largest absolute Gasteiger partial charge is 0.507 e. The molecule has 23 heavy (non-hydrogen) atoms. The van der Waals surface area contributed by atoms with Crippen LogP contribution in [0.2, 0.25) is 0 Å². The number of H-pyrrole nitrogens is 2. The highest BCUT2D eigenvalue weighted by Gasteiger charge is 2.14. The second kappa shape index (κ2) is 7.02. The third-order valence-corrected chi connectivity index (χ3v) is 2.77. The first kappa shape index (κ1) is 15.9. The van der Waals surface area contributed by atoms with Crippen LogP contribution in [0, 0.1) is 0 Å². The lowest BCUT2D eigenvalue weighted by Gasteiger charge is -2.11. The molecule has 0 aliphatic heterocycles. The van der Waals surface area contributed by atoms with Gasteiger partial charge in [0.15, 0.2) is 0 Å². The Labute approximate surface area is 129 Å². The third kappa shape index (κ3) is 4.27. The van der Waals surface area contributed by atoms with Crippen molar-refractivity contribution in [3.8, 4) is 5.75 Å². The molecule has 5 N–H and O–H groups in total. The predicted octanol–water partition coefficient (Wildman–Crippen LogP) is -0.885. The Morgan fingerprint density at radius 3 is 2.83 bits per heavy atom. The zero-order valence-electron chi connectivity index (χ0n) is 12.0. The number of para-hydroxylation sites is 1. The number of hydrazone groups is 1. The Kier molecular flexibility index (Phi) is 4.87. The SMILES string of the molecule is C[C@@H](Nc1n[nH]c(=O)[nH]c1=O)C(=O)N/N=C/c1ccccc1O. The number of aromatic amines is 2. The lowest BCUT2D eigenvalue weighted by molar-refractivity contribution is -0.121. The number of benzene rings is 1. The summed E-state index contributed by atoms with van der Waals surface area (Å²) >= 11 is 0. The molecular weight excluding hydrogens is 304 g/mol. The summed E-state index contributed by atoms with van der Waals surface area (Å²) in [5.74, 6) is -0.707. The average molecular weight is 318 g/mol. The van der Waals surface area contributed by atoms with Gasteiger partial charge in [0.05, 0.1) is 6.21 Å². The first-order valence-electron chi connectivity index (χ1n) is 6.54. The molecule has 0 fully saturated rings. The van der Waals surface area contributed by atoms with Crippen molar-refractivity contribution in [2.24, 2.45) is 5.10 Å². The van der Waals surface area contributed by atoms with E-state index in [9.17, 15) is 19.5 Å². The molecule has 2 aromatic rings. The maximum absolute atomic E-state index is 11.8. The number of amides is 1. The molecule has 0 unspecified atom stereocenters. The smallest absolute Gasteiger partial charge is 0.342 e. The second-order valence-electron chi connectivity index (χ2n) is 4.51. The predicted molar refractivity (Wildman–Crippen MR) is 82.4 cm³/mol. The highest BCUT2D eigenvalue weighted by atomic mass is 16.3. The molecule has 0 spiro atoms. The van der Waals surface area contributed by atoms with Crippen LogP contribution in [0.1, 0.15) is 12.5 Å². The van der Waals surface area contributed by atoms with Crippen molar-refractivity contribution >= 4 is 17.9 Å². The molecular formula is C13H14N6O4. The summed E-state index contributed by atoms with van der Waals surface area (Å²) in [6.45, 7) is 1.48. The fraction of sp³-hybridized carbons (Fsp3) is 0.154. The molecule has 2 rings (SSSR count). The Bertz CT molecular complexity index is 841. The number of nitrogens with zero attached hydrogens (tertiary/aromatic N) is 2. The topological polar surface area (TPSA) is 152 Å². The maximum atomic E-state index is 11.8. The molecule has 10 heteroatoms. The van der Waals surface area contributed by atoms with Crippen LogP contribution in [0.4, 0.5) is 5.82 Å². The van der Waals surface area contributed by atoms with Gasteiger partial charge in [-0.3, -0.25) is 14.6 Å². The number of phenolic OH excluding ortho intramolecular Hbond substituents is 1. The van der Waals surface area contributed by atoms with Crippen molar-refractivity contribution in [1.82, 2.24) is 20.6 Å². The molecule has 0 saturated heterocycles. The van der Waals surface area contributed by atoms with Crippen molar-refractivity contribution in [1.29, 1.82) is 0 Å². The zero-order chi connectivity index (χ0) is 16.8. The Hall–Kier alpha value is -3.43. The fourth-order valence-corrected chi connectivity index (χ4v) is 1.58. The summed E-state index contributed by atoms with van der Waals surface area (Å²) in [5, 5.41) is 21.3. The number of nitrogens with one attached hydrogen (secondary N) is 4. The van der Waals surface area contributed by atoms with Crippen LogP contribution in [0.25, 0.3) is 0 Å². The van der Waals surface area contributed by atoms with Gasteiger partial charge in [-0.2, -0.15) is 5.10 Å². The molecule has 1 atom stereocenters. The van der Waals surface area contributed by atoms with E-state index in [0.29, 0.717) is 5.56 Å². The number of aromatic nitrogens is 3. The van der Waals surface area contributed by atoms with Crippen LogP contribution in [-0.4, -0.2) is 38.5 Å². The van der Waals surface area contributed by atoms with E-state index in [1.54, 1.807) is 18.2 Å². The summed E-state index contributed by atoms with van der Waals surface area (Å²) in [7, 11) is 0. The second-order valence-corrected chi connectivity index (χ2v) is 4.51. The van der Waals surface area contributed by atoms with Crippen molar-refractivity contribution < 1.29 is 9.90 Å². The third-order valence-electron chi connectivity index (χ3n) is 2.77. The van der Waals surface area contributed by atoms with E-state index in [1.165, 1.54) is 19.2 Å². The number of carbonyl (C=O) groups is 1. The number of phenols is 1. The lowest BCUT2D eigenvalue weighted by atomic mass is 10.2. The van der Waals surface area contributed by atoms with Crippen LogP contribution in [0.3, 0.4) is 0 Å². The van der Waals surface area contributed by atoms with Gasteiger partial charge in [-0.15, -0.1) is 5.10 Å². The molecule has 1 heterocycles. The fourth-order valence-electron chi connectivity index (χ4n) is 1.58. The van der Waals surface area contributed by atoms with Gasteiger partial charge in [0.1, 0.15) is 11.8 Å². The van der Waals surface area contributed by atoms with E-state index < -0.39 is 23.2 Å². The Morgan fingerprint density at radius 1 is 1.39 bits per heavy atom. The monoisotopic (exact) mass is 318 g/mol. The number of carbonyl (C=O) groups excluding carboxylic acids is 1. The molecule has 1 amide bonds. The molecule has 0 aliphatic carbocycles. The summed E-state index contributed by atoms with van der Waals surface area (Å²) < 4.78 is 0. The van der Waals surface area contributed by atoms with Crippen molar-refractivity contribution in [3.63, 3.8) is 0 Å². The molecule has 1 aromatic heterocycles. The zero-order valence-corrected chi connectivity index (χ0v) is 12.0. The Balaban J connectivity index is 1.96. The summed E-state index contributed by atoms with van der Waals surface area (Å²) in [6, 6.07) is 5.64. The standard InChI is InChI=1S/C13H14N6O4/c1-7(15-10-12(22)16-13(23)19-17-10)11(21)18-14-6-8-4-2-3-5-9(8)20/h2-7,20H,1H3,(H,15,17)(H,18,21)(H2,16,19,22,23)/b14-6+/t7-/m1/s1. The first-order valence-corrected chi connectivity index (χ1v) is 6.54. The van der Waals surface area contributed by atoms with Crippen LogP contribution in [0.5, 0.6) is 5.75 Å². The molecule has 0 saturated carbocycles. The van der Waals surface area contributed by atoms with Crippen LogP contribution in [-0.2, 0) is 4.79 Å². The molecule has 0 radical (unpaired) electrons. The molecule has 120 valence electrons. The molecule has 0 bridgehead atoms. The minimum atomic E-state index is -0.837. The van der Waals surface area contributed by atoms with E-state index in [2.05, 4.69) is 20.9 Å². The van der Waals surface area contributed by atoms with Gasteiger partial charge >= 0.3 is 5.69 Å². The highest BCUT2D eigenvalue weighted by Crippen LogP contribution is 2.12. The van der Waals surface area contributed by atoms with E-state index in [4.69, 9.17) is 0 Å². The van der Waals surface area contributed by atoms with E-state index >= 15 is 0 Å². The van der Waals surface area contributed by atoms with Gasteiger partial charge < -0.3 is 10.4 Å². The van der Waals surface area contributed by atoms with Crippen molar-refractivity contribution in [2.45, 2.75) is 13.0 Å². The number of hydrogen-bond acceptors (Lipinski definition) is 7. The number of anilines is 1. The van der Waals surface area contributed by atoms with Gasteiger partial charge in [-0.25, -0.2) is 15.3 Å². The minimum absolute atomic E-state index is 0.0284. The van der Waals surface area contributed by atoms with Crippen molar-refractivity contribution in [2.75, 3.05) is 5.32 Å². The number of hydrogen-bond donors (Lipinski definition) is 5. The van der Waals surface area contributed by atoms with Gasteiger partial charge in [0.2, 0.25) is 5.82 Å². The molecule has 10 nitrogen and oxygen atoms in total. The van der Waals surface area contributed by atoms with Gasteiger partial charge in [-0.1, -0.05) is 12.1 Å². The van der Waals surface area contributed by atoms with E-state index in [0.717, 1.165) is 0 Å². The summed E-state index contributed by atoms with van der Waals surface area (Å²) in [6.07, 6.45) is 1.28. The minimum Gasteiger partial charge on any atom is -0.507 e. The normalized spacial score (nSPS) is 12.0. The number of rotatable bonds is 5. The molecule has 0 aliphatic rings. The maximum Gasteiger partial charge on any atom is 0.342 e. The summed E-state index contributed by atoms with van der Waals surface area (Å²) in [4.78, 5) is 36.1. The van der Waals surface area contributed by atoms with Gasteiger partial charge in [0, 0.05) is 5.56 Å². The number of aromatic hydroxyl groups is 1. The lowest BCUT2D eigenvalue weighted by Crippen LogP contribution is -2.38. The highest BCUT2D eigenvalue weighted by molar-refractivity contribution is 5.87. The van der Waals surface area contributed by atoms with E-state index in [1.807, 2.05) is 10.1 Å². The Morgan fingerprint density at radius 2 is 2.13 bits per heavy atom. The van der Waals surface area contributed by atoms with E-state index in [-0.39, 0.29) is 11.6 Å².